The molecule has 9 heteroatoms. The van der Waals surface area contributed by atoms with Crippen molar-refractivity contribution in [1.29, 1.82) is 0 Å². The van der Waals surface area contributed by atoms with E-state index >= 15 is 0 Å². The first-order valence-electron chi connectivity index (χ1n) is 10.1. The number of piperidine rings is 1. The number of nitrogens with one attached hydrogen (secondary N) is 2. The molecule has 0 aromatic heterocycles. The summed E-state index contributed by atoms with van der Waals surface area (Å²) in [5.74, 6) is 1.11. The van der Waals surface area contributed by atoms with E-state index in [9.17, 15) is 9.59 Å². The number of halogens is 2. The zero-order valence-electron chi connectivity index (χ0n) is 16.8. The SMILES string of the molecule is O=C(CN1CCCCC1C(=O)Nc1ccc(Cl)c(Cl)c1)NCc1ccc2c(c1)OCO2. The van der Waals surface area contributed by atoms with Crippen LogP contribution in [0, 0.1) is 0 Å². The van der Waals surface area contributed by atoms with Gasteiger partial charge in [-0.15, -0.1) is 0 Å². The lowest BCUT2D eigenvalue weighted by molar-refractivity contribution is -0.127. The Hall–Kier alpha value is -2.48. The molecule has 0 bridgehead atoms. The number of carbonyl (C=O) groups excluding carboxylic acids is 2. The van der Waals surface area contributed by atoms with Crippen LogP contribution in [0.15, 0.2) is 36.4 Å². The second kappa shape index (κ2) is 9.77. The minimum Gasteiger partial charge on any atom is -0.454 e. The van der Waals surface area contributed by atoms with Crippen LogP contribution in [0.3, 0.4) is 0 Å². The molecule has 2 aliphatic heterocycles. The summed E-state index contributed by atoms with van der Waals surface area (Å²) < 4.78 is 10.7. The molecule has 0 radical (unpaired) electrons. The third kappa shape index (κ3) is 5.42. The van der Waals surface area contributed by atoms with Gasteiger partial charge >= 0.3 is 0 Å². The maximum Gasteiger partial charge on any atom is 0.241 e. The van der Waals surface area contributed by atoms with Gasteiger partial charge in [0.2, 0.25) is 18.6 Å². The van der Waals surface area contributed by atoms with E-state index in [2.05, 4.69) is 10.6 Å². The summed E-state index contributed by atoms with van der Waals surface area (Å²) in [7, 11) is 0. The number of fused-ring (bicyclic) bond motifs is 1. The number of amides is 2. The third-order valence-electron chi connectivity index (χ3n) is 5.38. The molecule has 7 nitrogen and oxygen atoms in total. The summed E-state index contributed by atoms with van der Waals surface area (Å²) in [4.78, 5) is 27.3. The Morgan fingerprint density at radius 2 is 1.87 bits per heavy atom. The van der Waals surface area contributed by atoms with Crippen molar-refractivity contribution in [3.63, 3.8) is 0 Å². The van der Waals surface area contributed by atoms with Crippen LogP contribution in [-0.4, -0.2) is 42.6 Å². The van der Waals surface area contributed by atoms with Crippen LogP contribution in [0.2, 0.25) is 10.0 Å². The van der Waals surface area contributed by atoms with Gasteiger partial charge in [-0.25, -0.2) is 0 Å². The molecule has 1 atom stereocenters. The number of rotatable bonds is 6. The number of hydrogen-bond donors (Lipinski definition) is 2. The minimum atomic E-state index is -0.375. The van der Waals surface area contributed by atoms with E-state index in [-0.39, 0.29) is 31.2 Å². The van der Waals surface area contributed by atoms with Gasteiger partial charge in [-0.05, 0) is 55.3 Å². The number of anilines is 1. The highest BCUT2D eigenvalue weighted by Crippen LogP contribution is 2.32. The maximum atomic E-state index is 12.9. The van der Waals surface area contributed by atoms with E-state index in [0.717, 1.165) is 18.4 Å². The Balaban J connectivity index is 1.32. The molecule has 1 fully saturated rings. The van der Waals surface area contributed by atoms with Crippen molar-refractivity contribution in [1.82, 2.24) is 10.2 Å². The van der Waals surface area contributed by atoms with E-state index in [4.69, 9.17) is 32.7 Å². The molecule has 4 rings (SSSR count). The molecule has 2 N–H and O–H groups in total. The van der Waals surface area contributed by atoms with Crippen LogP contribution in [-0.2, 0) is 16.1 Å². The van der Waals surface area contributed by atoms with Gasteiger partial charge in [-0.2, -0.15) is 0 Å². The Kier molecular flexibility index (Phi) is 6.85. The van der Waals surface area contributed by atoms with E-state index in [1.54, 1.807) is 18.2 Å². The monoisotopic (exact) mass is 463 g/mol. The van der Waals surface area contributed by atoms with E-state index in [1.165, 1.54) is 0 Å². The van der Waals surface area contributed by atoms with Crippen LogP contribution in [0.5, 0.6) is 11.5 Å². The number of benzene rings is 2. The zero-order valence-corrected chi connectivity index (χ0v) is 18.3. The van der Waals surface area contributed by atoms with Crippen molar-refractivity contribution in [2.45, 2.75) is 31.8 Å². The molecule has 0 aliphatic carbocycles. The van der Waals surface area contributed by atoms with Crippen LogP contribution in [0.25, 0.3) is 0 Å². The normalized spacial score (nSPS) is 17.9. The fraction of sp³-hybridized carbons (Fsp3) is 0.364. The average molecular weight is 464 g/mol. The number of carbonyl (C=O) groups is 2. The van der Waals surface area contributed by atoms with Crippen LogP contribution in [0.4, 0.5) is 5.69 Å². The molecule has 164 valence electrons. The molecule has 2 aliphatic rings. The molecule has 0 spiro atoms. The highest BCUT2D eigenvalue weighted by molar-refractivity contribution is 6.42. The summed E-state index contributed by atoms with van der Waals surface area (Å²) in [6, 6.07) is 10.2. The quantitative estimate of drug-likeness (QED) is 0.680. The molecular formula is C22H23Cl2N3O4. The largest absolute Gasteiger partial charge is 0.454 e. The zero-order chi connectivity index (χ0) is 21.8. The van der Waals surface area contributed by atoms with Gasteiger partial charge in [0, 0.05) is 12.2 Å². The van der Waals surface area contributed by atoms with Crippen molar-refractivity contribution >= 4 is 40.7 Å². The Bertz CT molecular complexity index is 985. The Morgan fingerprint density at radius 3 is 2.71 bits per heavy atom. The predicted molar refractivity (Wildman–Crippen MR) is 119 cm³/mol. The summed E-state index contributed by atoms with van der Waals surface area (Å²) >= 11 is 12.0. The molecular weight excluding hydrogens is 441 g/mol. The van der Waals surface area contributed by atoms with E-state index in [1.807, 2.05) is 23.1 Å². The van der Waals surface area contributed by atoms with Crippen molar-refractivity contribution in [3.05, 3.63) is 52.0 Å². The first-order chi connectivity index (χ1) is 15.0. The van der Waals surface area contributed by atoms with Gasteiger partial charge in [0.15, 0.2) is 11.5 Å². The number of nitrogens with zero attached hydrogens (tertiary/aromatic N) is 1. The molecule has 1 saturated heterocycles. The lowest BCUT2D eigenvalue weighted by Crippen LogP contribution is -2.50. The summed E-state index contributed by atoms with van der Waals surface area (Å²) in [5, 5.41) is 6.61. The Labute approximate surface area is 190 Å². The van der Waals surface area contributed by atoms with Gasteiger partial charge in [0.25, 0.3) is 0 Å². The number of hydrogen-bond acceptors (Lipinski definition) is 5. The molecule has 2 aromatic rings. The van der Waals surface area contributed by atoms with E-state index in [0.29, 0.717) is 46.7 Å². The molecule has 2 amide bonds. The number of ether oxygens (including phenoxy) is 2. The third-order valence-corrected chi connectivity index (χ3v) is 6.12. The first-order valence-corrected chi connectivity index (χ1v) is 10.9. The second-order valence-electron chi connectivity index (χ2n) is 7.56. The first kappa shape index (κ1) is 21.7. The van der Waals surface area contributed by atoms with Gasteiger partial charge in [0.05, 0.1) is 22.6 Å². The van der Waals surface area contributed by atoms with Crippen LogP contribution in [0.1, 0.15) is 24.8 Å². The smallest absolute Gasteiger partial charge is 0.241 e. The molecule has 31 heavy (non-hydrogen) atoms. The summed E-state index contributed by atoms with van der Waals surface area (Å²) in [5.41, 5.74) is 1.50. The minimum absolute atomic E-state index is 0.132. The fourth-order valence-electron chi connectivity index (χ4n) is 3.77. The summed E-state index contributed by atoms with van der Waals surface area (Å²) in [6.07, 6.45) is 2.59. The topological polar surface area (TPSA) is 79.9 Å². The highest BCUT2D eigenvalue weighted by Gasteiger charge is 2.30. The maximum absolute atomic E-state index is 12.9. The van der Waals surface area contributed by atoms with Crippen molar-refractivity contribution < 1.29 is 19.1 Å². The second-order valence-corrected chi connectivity index (χ2v) is 8.38. The molecule has 1 unspecified atom stereocenters. The highest BCUT2D eigenvalue weighted by atomic mass is 35.5. The summed E-state index contributed by atoms with van der Waals surface area (Å²) in [6.45, 7) is 1.44. The van der Waals surface area contributed by atoms with Crippen LogP contribution < -0.4 is 20.1 Å². The van der Waals surface area contributed by atoms with Crippen molar-refractivity contribution in [3.8, 4) is 11.5 Å². The Morgan fingerprint density at radius 1 is 1.03 bits per heavy atom. The van der Waals surface area contributed by atoms with Crippen molar-refractivity contribution in [2.75, 3.05) is 25.2 Å². The van der Waals surface area contributed by atoms with Gasteiger partial charge in [-0.3, -0.25) is 14.5 Å². The molecule has 0 saturated carbocycles. The average Bonchev–Trinajstić information content (AvgIpc) is 3.23. The van der Waals surface area contributed by atoms with Crippen molar-refractivity contribution in [2.24, 2.45) is 0 Å². The standard InChI is InChI=1S/C22H23Cl2N3O4/c23-16-6-5-15(10-17(16)24)26-22(29)18-3-1-2-8-27(18)12-21(28)25-11-14-4-7-19-20(9-14)31-13-30-19/h4-7,9-10,18H,1-3,8,11-13H2,(H,25,28)(H,26,29). The molecule has 2 aromatic carbocycles. The van der Waals surface area contributed by atoms with Gasteiger partial charge in [0.1, 0.15) is 0 Å². The number of likely N-dealkylation sites (tertiary alicyclic amines) is 1. The lowest BCUT2D eigenvalue weighted by atomic mass is 10.0. The molecule has 2 heterocycles. The van der Waals surface area contributed by atoms with Crippen LogP contribution >= 0.6 is 23.2 Å². The van der Waals surface area contributed by atoms with E-state index < -0.39 is 0 Å². The predicted octanol–water partition coefficient (Wildman–Crippen LogP) is 3.83. The van der Waals surface area contributed by atoms with Gasteiger partial charge < -0.3 is 20.1 Å². The lowest BCUT2D eigenvalue weighted by Gasteiger charge is -2.34. The fourth-order valence-corrected chi connectivity index (χ4v) is 4.07. The van der Waals surface area contributed by atoms with Gasteiger partial charge in [-0.1, -0.05) is 35.7 Å².